The maximum atomic E-state index is 12.7. The Balaban J connectivity index is 1.74. The van der Waals surface area contributed by atoms with Gasteiger partial charge in [-0.2, -0.15) is 0 Å². The van der Waals surface area contributed by atoms with Crippen LogP contribution in [0.3, 0.4) is 0 Å². The molecule has 0 heterocycles. The molecule has 0 aliphatic heterocycles. The molecular formula is C23H42O. The summed E-state index contributed by atoms with van der Waals surface area (Å²) >= 11 is 0. The van der Waals surface area contributed by atoms with E-state index in [2.05, 4.69) is 20.8 Å². The molecule has 1 heteroatoms. The van der Waals surface area contributed by atoms with E-state index in [-0.39, 0.29) is 0 Å². The third-order valence-corrected chi connectivity index (χ3v) is 7.77. The summed E-state index contributed by atoms with van der Waals surface area (Å²) in [7, 11) is 0. The Morgan fingerprint density at radius 2 is 1.67 bits per heavy atom. The molecule has 2 rings (SSSR count). The molecule has 140 valence electrons. The summed E-state index contributed by atoms with van der Waals surface area (Å²) in [6.07, 6.45) is 19.5. The van der Waals surface area contributed by atoms with Crippen molar-refractivity contribution in [2.24, 2.45) is 23.2 Å². The Kier molecular flexibility index (Phi) is 8.31. The van der Waals surface area contributed by atoms with E-state index in [1.54, 1.807) is 0 Å². The number of hydrogen-bond donors (Lipinski definition) is 0. The molecule has 24 heavy (non-hydrogen) atoms. The van der Waals surface area contributed by atoms with Gasteiger partial charge >= 0.3 is 0 Å². The molecule has 1 nitrogen and oxygen atoms in total. The summed E-state index contributed by atoms with van der Waals surface area (Å²) in [6.45, 7) is 7.07. The molecule has 2 fully saturated rings. The third-order valence-electron chi connectivity index (χ3n) is 7.77. The van der Waals surface area contributed by atoms with Gasteiger partial charge in [-0.3, -0.25) is 4.79 Å². The van der Waals surface area contributed by atoms with Gasteiger partial charge in [-0.1, -0.05) is 72.1 Å². The maximum absolute atomic E-state index is 12.7. The molecule has 0 aromatic carbocycles. The highest BCUT2D eigenvalue weighted by atomic mass is 16.1. The molecular weight excluding hydrogens is 292 g/mol. The van der Waals surface area contributed by atoms with E-state index >= 15 is 0 Å². The second-order valence-electron chi connectivity index (χ2n) is 9.02. The minimum Gasteiger partial charge on any atom is -0.299 e. The fourth-order valence-corrected chi connectivity index (χ4v) is 5.65. The predicted molar refractivity (Wildman–Crippen MR) is 104 cm³/mol. The van der Waals surface area contributed by atoms with Crippen LogP contribution in [0.2, 0.25) is 0 Å². The van der Waals surface area contributed by atoms with Gasteiger partial charge in [0.1, 0.15) is 5.78 Å². The highest BCUT2D eigenvalue weighted by Crippen LogP contribution is 2.48. The molecule has 2 aliphatic carbocycles. The van der Waals surface area contributed by atoms with E-state index in [0.717, 1.165) is 31.1 Å². The van der Waals surface area contributed by atoms with Crippen LogP contribution in [-0.2, 0) is 4.79 Å². The molecule has 0 spiro atoms. The van der Waals surface area contributed by atoms with Crippen molar-refractivity contribution in [1.29, 1.82) is 0 Å². The standard InChI is InChI=1S/C23H42O/c1-4-21(22(24)16-14-20-11-7-6-8-12-20)15-13-19(3)23(5-2)17-9-10-18-23/h19-21H,4-18H2,1-3H3/t19-,21?/m0/s1. The molecule has 0 aromatic rings. The van der Waals surface area contributed by atoms with Crippen molar-refractivity contribution in [3.63, 3.8) is 0 Å². The van der Waals surface area contributed by atoms with Crippen LogP contribution in [-0.4, -0.2) is 5.78 Å². The topological polar surface area (TPSA) is 17.1 Å². The molecule has 0 aromatic heterocycles. The lowest BCUT2D eigenvalue weighted by molar-refractivity contribution is -0.123. The zero-order valence-corrected chi connectivity index (χ0v) is 16.7. The summed E-state index contributed by atoms with van der Waals surface area (Å²) in [4.78, 5) is 12.7. The lowest BCUT2D eigenvalue weighted by Gasteiger charge is -2.35. The summed E-state index contributed by atoms with van der Waals surface area (Å²) in [5.41, 5.74) is 0.601. The Morgan fingerprint density at radius 1 is 1.00 bits per heavy atom. The first kappa shape index (κ1) is 20.0. The molecule has 0 N–H and O–H groups in total. The molecule has 0 amide bonds. The van der Waals surface area contributed by atoms with Crippen LogP contribution >= 0.6 is 0 Å². The zero-order chi connectivity index (χ0) is 17.4. The fourth-order valence-electron chi connectivity index (χ4n) is 5.65. The van der Waals surface area contributed by atoms with Crippen molar-refractivity contribution in [2.45, 2.75) is 117 Å². The van der Waals surface area contributed by atoms with Gasteiger partial charge in [0.25, 0.3) is 0 Å². The van der Waals surface area contributed by atoms with E-state index in [0.29, 0.717) is 17.1 Å². The van der Waals surface area contributed by atoms with Gasteiger partial charge in [-0.25, -0.2) is 0 Å². The second-order valence-corrected chi connectivity index (χ2v) is 9.02. The Labute approximate surface area is 151 Å². The first-order chi connectivity index (χ1) is 11.6. The Morgan fingerprint density at radius 3 is 2.25 bits per heavy atom. The zero-order valence-electron chi connectivity index (χ0n) is 16.7. The molecule has 0 radical (unpaired) electrons. The van der Waals surface area contributed by atoms with Crippen molar-refractivity contribution >= 4 is 5.78 Å². The van der Waals surface area contributed by atoms with Crippen molar-refractivity contribution in [3.8, 4) is 0 Å². The maximum Gasteiger partial charge on any atom is 0.135 e. The summed E-state index contributed by atoms with van der Waals surface area (Å²) in [5.74, 6) is 2.56. The second kappa shape index (κ2) is 9.97. The first-order valence-electron chi connectivity index (χ1n) is 11.1. The van der Waals surface area contributed by atoms with Gasteiger partial charge in [0, 0.05) is 12.3 Å². The molecule has 2 saturated carbocycles. The highest BCUT2D eigenvalue weighted by Gasteiger charge is 2.37. The van der Waals surface area contributed by atoms with Crippen molar-refractivity contribution in [3.05, 3.63) is 0 Å². The molecule has 0 bridgehead atoms. The van der Waals surface area contributed by atoms with E-state index < -0.39 is 0 Å². The number of Topliss-reactive ketones (excluding diaryl/α,β-unsaturated/α-hetero) is 1. The number of ketones is 1. The highest BCUT2D eigenvalue weighted by molar-refractivity contribution is 5.80. The van der Waals surface area contributed by atoms with Gasteiger partial charge in [0.2, 0.25) is 0 Å². The third kappa shape index (κ3) is 5.33. The average molecular weight is 335 g/mol. The minimum atomic E-state index is 0.339. The summed E-state index contributed by atoms with van der Waals surface area (Å²) in [6, 6.07) is 0. The van der Waals surface area contributed by atoms with Crippen molar-refractivity contribution in [1.82, 2.24) is 0 Å². The Bertz CT molecular complexity index is 360. The van der Waals surface area contributed by atoms with Crippen LogP contribution < -0.4 is 0 Å². The fraction of sp³-hybridized carbons (Fsp3) is 0.957. The van der Waals surface area contributed by atoms with Crippen LogP contribution in [0.15, 0.2) is 0 Å². The summed E-state index contributed by atoms with van der Waals surface area (Å²) < 4.78 is 0. The van der Waals surface area contributed by atoms with Crippen LogP contribution in [0.25, 0.3) is 0 Å². The van der Waals surface area contributed by atoms with Crippen LogP contribution in [0.5, 0.6) is 0 Å². The van der Waals surface area contributed by atoms with E-state index in [9.17, 15) is 4.79 Å². The van der Waals surface area contributed by atoms with E-state index in [1.165, 1.54) is 77.0 Å². The predicted octanol–water partition coefficient (Wildman–Crippen LogP) is 7.33. The largest absolute Gasteiger partial charge is 0.299 e. The number of rotatable bonds is 10. The van der Waals surface area contributed by atoms with Crippen LogP contribution in [0.1, 0.15) is 117 Å². The quantitative estimate of drug-likeness (QED) is 0.409. The van der Waals surface area contributed by atoms with Gasteiger partial charge in [-0.05, 0) is 55.8 Å². The van der Waals surface area contributed by atoms with Gasteiger partial charge in [-0.15, -0.1) is 0 Å². The molecule has 0 saturated heterocycles. The smallest absolute Gasteiger partial charge is 0.135 e. The van der Waals surface area contributed by atoms with Crippen molar-refractivity contribution in [2.75, 3.05) is 0 Å². The van der Waals surface area contributed by atoms with Gasteiger partial charge < -0.3 is 0 Å². The lowest BCUT2D eigenvalue weighted by Crippen LogP contribution is -2.26. The molecule has 2 atom stereocenters. The Hall–Kier alpha value is -0.330. The van der Waals surface area contributed by atoms with E-state index in [4.69, 9.17) is 0 Å². The lowest BCUT2D eigenvalue weighted by atomic mass is 9.70. The van der Waals surface area contributed by atoms with Crippen molar-refractivity contribution < 1.29 is 4.79 Å². The number of hydrogen-bond acceptors (Lipinski definition) is 1. The van der Waals surface area contributed by atoms with E-state index in [1.807, 2.05) is 0 Å². The van der Waals surface area contributed by atoms with Crippen LogP contribution in [0, 0.1) is 23.2 Å². The van der Waals surface area contributed by atoms with Gasteiger partial charge in [0.05, 0.1) is 0 Å². The molecule has 1 unspecified atom stereocenters. The first-order valence-corrected chi connectivity index (χ1v) is 11.1. The average Bonchev–Trinajstić information content (AvgIpc) is 3.11. The number of carbonyl (C=O) groups is 1. The summed E-state index contributed by atoms with van der Waals surface area (Å²) in [5, 5.41) is 0. The SMILES string of the molecule is CCC(CC[C@H](C)C1(CC)CCCC1)C(=O)CCC1CCCCC1. The molecule has 2 aliphatic rings. The van der Waals surface area contributed by atoms with Crippen LogP contribution in [0.4, 0.5) is 0 Å². The minimum absolute atomic E-state index is 0.339. The van der Waals surface area contributed by atoms with Gasteiger partial charge in [0.15, 0.2) is 0 Å². The normalized spacial score (nSPS) is 24.0. The number of carbonyl (C=O) groups excluding carboxylic acids is 1. The monoisotopic (exact) mass is 334 g/mol.